The summed E-state index contributed by atoms with van der Waals surface area (Å²) in [5.74, 6) is -0.507. The summed E-state index contributed by atoms with van der Waals surface area (Å²) in [6.45, 7) is 1.93. The summed E-state index contributed by atoms with van der Waals surface area (Å²) in [7, 11) is -1.73. The van der Waals surface area contributed by atoms with Crippen molar-refractivity contribution in [3.05, 3.63) is 48.5 Å². The number of nitrogens with zero attached hydrogens (tertiary/aromatic N) is 1. The fourth-order valence-corrected chi connectivity index (χ4v) is 5.51. The van der Waals surface area contributed by atoms with E-state index in [1.165, 1.54) is 31.5 Å². The number of nitrogens with one attached hydrogen (secondary N) is 2. The number of methoxy groups -OCH3 is 1. The Balaban J connectivity index is 0.00000363. The van der Waals surface area contributed by atoms with Gasteiger partial charge in [0.25, 0.3) is 0 Å². The van der Waals surface area contributed by atoms with E-state index in [1.54, 1.807) is 25.3 Å². The van der Waals surface area contributed by atoms with Gasteiger partial charge in [-0.3, -0.25) is 4.98 Å². The molecule has 1 fully saturated rings. The summed E-state index contributed by atoms with van der Waals surface area (Å²) in [6.07, 6.45) is 3.46. The Morgan fingerprint density at radius 2 is 1.97 bits per heavy atom. The zero-order chi connectivity index (χ0) is 22.4. The molecule has 176 valence electrons. The molecule has 1 heterocycles. The van der Waals surface area contributed by atoms with Crippen molar-refractivity contribution >= 4 is 40.7 Å². The number of ether oxygens (including phenoxy) is 2. The first-order valence-electron chi connectivity index (χ1n) is 9.96. The van der Waals surface area contributed by atoms with E-state index in [4.69, 9.17) is 9.47 Å². The molecule has 2 aromatic rings. The minimum atomic E-state index is -3.26. The molecule has 0 saturated heterocycles. The van der Waals surface area contributed by atoms with E-state index in [0.717, 1.165) is 0 Å². The minimum Gasteiger partial charge on any atom is -0.490 e. The van der Waals surface area contributed by atoms with Gasteiger partial charge in [0.1, 0.15) is 17.7 Å². The first kappa shape index (κ1) is 25.9. The number of carbonyl (C=O) groups is 1. The van der Waals surface area contributed by atoms with Gasteiger partial charge in [-0.05, 0) is 24.6 Å². The molecule has 1 aliphatic rings. The van der Waals surface area contributed by atoms with Crippen LogP contribution in [0.1, 0.15) is 19.8 Å². The summed E-state index contributed by atoms with van der Waals surface area (Å²) in [4.78, 5) is 16.1. The highest BCUT2D eigenvalue weighted by Crippen LogP contribution is 2.35. The molecule has 11 heteroatoms. The third kappa shape index (κ3) is 6.81. The summed E-state index contributed by atoms with van der Waals surface area (Å²) in [6, 6.07) is 6.66. The largest absolute Gasteiger partial charge is 0.490 e. The molecule has 1 aromatic heterocycles. The Morgan fingerprint density at radius 1 is 1.22 bits per heavy atom. The van der Waals surface area contributed by atoms with Gasteiger partial charge in [-0.15, -0.1) is 0 Å². The molecule has 0 bridgehead atoms. The average molecular weight is 486 g/mol. The lowest BCUT2D eigenvalue weighted by molar-refractivity contribution is 0.142. The van der Waals surface area contributed by atoms with Gasteiger partial charge in [-0.1, -0.05) is 6.92 Å². The van der Waals surface area contributed by atoms with Gasteiger partial charge < -0.3 is 20.1 Å². The number of amides is 2. The number of sulfone groups is 1. The van der Waals surface area contributed by atoms with Crippen LogP contribution in [-0.2, 0) is 14.6 Å². The van der Waals surface area contributed by atoms with Gasteiger partial charge in [0.05, 0.1) is 23.7 Å². The minimum absolute atomic E-state index is 0. The van der Waals surface area contributed by atoms with Crippen LogP contribution in [0.25, 0.3) is 0 Å². The molecule has 1 unspecified atom stereocenters. The molecule has 0 aliphatic heterocycles. The number of hydrogen-bond acceptors (Lipinski definition) is 6. The van der Waals surface area contributed by atoms with Crippen LogP contribution in [0.2, 0.25) is 0 Å². The van der Waals surface area contributed by atoms with Gasteiger partial charge in [-0.25, -0.2) is 17.6 Å². The summed E-state index contributed by atoms with van der Waals surface area (Å²) >= 11 is 0. The van der Waals surface area contributed by atoms with Crippen LogP contribution in [0.4, 0.5) is 20.6 Å². The zero-order valence-corrected chi connectivity index (χ0v) is 19.7. The molecule has 0 spiro atoms. The molecular weight excluding hydrogens is 457 g/mol. The van der Waals surface area contributed by atoms with E-state index in [1.807, 2.05) is 0 Å². The fourth-order valence-electron chi connectivity index (χ4n) is 3.80. The van der Waals surface area contributed by atoms with E-state index in [-0.39, 0.29) is 36.6 Å². The predicted molar refractivity (Wildman–Crippen MR) is 126 cm³/mol. The Morgan fingerprint density at radius 3 is 2.62 bits per heavy atom. The number of halogens is 1. The number of benzene rings is 1. The molecule has 2 amide bonds. The van der Waals surface area contributed by atoms with Crippen molar-refractivity contribution < 1.29 is 27.1 Å². The highest BCUT2D eigenvalue weighted by atomic mass is 32.2. The smallest absolute Gasteiger partial charge is 0.323 e. The number of aromatic nitrogens is 1. The van der Waals surface area contributed by atoms with Crippen LogP contribution in [0, 0.1) is 11.7 Å². The normalized spacial score (nSPS) is 20.3. The molecule has 1 saturated carbocycles. The van der Waals surface area contributed by atoms with Crippen molar-refractivity contribution in [1.29, 1.82) is 0 Å². The second-order valence-corrected chi connectivity index (χ2v) is 9.92. The van der Waals surface area contributed by atoms with Crippen molar-refractivity contribution in [3.63, 3.8) is 0 Å². The maximum atomic E-state index is 14.1. The molecule has 32 heavy (non-hydrogen) atoms. The van der Waals surface area contributed by atoms with Gasteiger partial charge in [-0.2, -0.15) is 13.5 Å². The molecule has 3 atom stereocenters. The Bertz CT molecular complexity index is 1010. The third-order valence-corrected chi connectivity index (χ3v) is 7.49. The molecule has 1 aliphatic carbocycles. The second-order valence-electron chi connectivity index (χ2n) is 7.41. The number of rotatable bonds is 8. The average Bonchev–Trinajstić information content (AvgIpc) is 3.11. The predicted octanol–water partition coefficient (Wildman–Crippen LogP) is 3.58. The summed E-state index contributed by atoms with van der Waals surface area (Å²) < 4.78 is 50.1. The summed E-state index contributed by atoms with van der Waals surface area (Å²) in [5, 5.41) is 4.59. The lowest BCUT2D eigenvalue weighted by Crippen LogP contribution is -2.29. The Kier molecular flexibility index (Phi) is 9.29. The molecule has 2 N–H and O–H groups in total. The van der Waals surface area contributed by atoms with E-state index in [0.29, 0.717) is 25.1 Å². The highest BCUT2D eigenvalue weighted by Gasteiger charge is 2.42. The number of carbonyl (C=O) groups excluding carboxylic acids is 1. The second kappa shape index (κ2) is 11.5. The molecular formula is C21H28FN3O5S2. The van der Waals surface area contributed by atoms with Crippen molar-refractivity contribution in [1.82, 2.24) is 4.98 Å². The maximum Gasteiger partial charge on any atom is 0.323 e. The number of anilines is 2. The summed E-state index contributed by atoms with van der Waals surface area (Å²) in [5.41, 5.74) is 0.701. The van der Waals surface area contributed by atoms with Gasteiger partial charge in [0.15, 0.2) is 9.84 Å². The van der Waals surface area contributed by atoms with Gasteiger partial charge >= 0.3 is 6.03 Å². The van der Waals surface area contributed by atoms with Crippen LogP contribution >= 0.6 is 13.5 Å². The Hall–Kier alpha value is -2.37. The van der Waals surface area contributed by atoms with E-state index < -0.39 is 33.0 Å². The molecule has 3 rings (SSSR count). The number of hydrogen-bond donors (Lipinski definition) is 2. The third-order valence-electron chi connectivity index (χ3n) is 5.18. The van der Waals surface area contributed by atoms with E-state index in [2.05, 4.69) is 15.6 Å². The van der Waals surface area contributed by atoms with Gasteiger partial charge in [0.2, 0.25) is 0 Å². The number of urea groups is 1. The zero-order valence-electron chi connectivity index (χ0n) is 17.9. The standard InChI is InChI=1S/C21H26FN3O5S.H2S/c1-3-31(27,28)20-11-18(7-14(20)13-29-2)30-19-9-15(22)8-17(10-19)25-21(26)24-16-5-4-6-23-12-16;/h4-6,8-10,12,14,18,20H,3,7,11,13H2,1-2H3,(H2,24,25,26);1H2/t14-,18+,20?;/m0./s1. The van der Waals surface area contributed by atoms with Crippen molar-refractivity contribution in [2.24, 2.45) is 5.92 Å². The van der Waals surface area contributed by atoms with Crippen LogP contribution in [0.5, 0.6) is 5.75 Å². The monoisotopic (exact) mass is 485 g/mol. The quantitative estimate of drug-likeness (QED) is 0.592. The van der Waals surface area contributed by atoms with Crippen LogP contribution in [0.3, 0.4) is 0 Å². The Labute approximate surface area is 194 Å². The SMILES string of the molecule is CCS(=O)(=O)C1C[C@H](Oc2cc(F)cc(NC(=O)Nc3cccnc3)c2)C[C@H]1COC.S. The van der Waals surface area contributed by atoms with Gasteiger partial charge in [0, 0.05) is 49.2 Å². The fraction of sp³-hybridized carbons (Fsp3) is 0.429. The van der Waals surface area contributed by atoms with E-state index >= 15 is 0 Å². The lowest BCUT2D eigenvalue weighted by Gasteiger charge is -2.17. The van der Waals surface area contributed by atoms with Crippen molar-refractivity contribution in [2.75, 3.05) is 30.1 Å². The topological polar surface area (TPSA) is 107 Å². The molecule has 1 aromatic carbocycles. The van der Waals surface area contributed by atoms with Crippen molar-refractivity contribution in [3.8, 4) is 5.75 Å². The van der Waals surface area contributed by atoms with Crippen LogP contribution in [0.15, 0.2) is 42.7 Å². The highest BCUT2D eigenvalue weighted by molar-refractivity contribution is 7.92. The maximum absolute atomic E-state index is 14.1. The lowest BCUT2D eigenvalue weighted by atomic mass is 10.1. The van der Waals surface area contributed by atoms with Crippen LogP contribution in [-0.4, -0.2) is 50.3 Å². The first-order chi connectivity index (χ1) is 14.8. The first-order valence-corrected chi connectivity index (χ1v) is 11.7. The molecule has 0 radical (unpaired) electrons. The van der Waals surface area contributed by atoms with Crippen molar-refractivity contribution in [2.45, 2.75) is 31.1 Å². The molecule has 8 nitrogen and oxygen atoms in total. The van der Waals surface area contributed by atoms with Crippen LogP contribution < -0.4 is 15.4 Å². The van der Waals surface area contributed by atoms with E-state index in [9.17, 15) is 17.6 Å². The number of pyridine rings is 1.